The molecule has 0 spiro atoms. The highest BCUT2D eigenvalue weighted by molar-refractivity contribution is 5.85. The van der Waals surface area contributed by atoms with Crippen molar-refractivity contribution in [3.63, 3.8) is 0 Å². The SMILES string of the molecule is C=C(C)[C@@H]1CC[C@]2(C(=O)OCc3oc(=O)oc3C)CC[C@]3(C)[C@H](CC[C@@H]4[C@@]5(C)CCC(=O)C(C)(C)[C@@H]5CC[C@]43C)[C@@H]12. The van der Waals surface area contributed by atoms with E-state index >= 15 is 0 Å². The molecule has 9 atom stereocenters. The van der Waals surface area contributed by atoms with Gasteiger partial charge >= 0.3 is 11.8 Å². The van der Waals surface area contributed by atoms with E-state index in [4.69, 9.17) is 13.6 Å². The monoisotopic (exact) mass is 566 g/mol. The van der Waals surface area contributed by atoms with Gasteiger partial charge < -0.3 is 13.6 Å². The molecule has 0 saturated heterocycles. The van der Waals surface area contributed by atoms with Crippen LogP contribution in [-0.4, -0.2) is 11.8 Å². The Bertz CT molecular complexity index is 1330. The number of carbonyl (C=O) groups excluding carboxylic acids is 2. The summed E-state index contributed by atoms with van der Waals surface area (Å²) in [5.74, 6) is 2.14. The third-order valence-electron chi connectivity index (χ3n) is 14.4. The lowest BCUT2D eigenvalue weighted by Gasteiger charge is -2.72. The highest BCUT2D eigenvalue weighted by Crippen LogP contribution is 2.77. The van der Waals surface area contributed by atoms with Gasteiger partial charge in [0.05, 0.1) is 5.41 Å². The first-order valence-corrected chi connectivity index (χ1v) is 16.1. The Morgan fingerprint density at radius 3 is 2.29 bits per heavy atom. The first-order valence-electron chi connectivity index (χ1n) is 16.1. The molecule has 5 aliphatic carbocycles. The van der Waals surface area contributed by atoms with Crippen LogP contribution < -0.4 is 5.82 Å². The van der Waals surface area contributed by atoms with Crippen LogP contribution in [0.4, 0.5) is 0 Å². The predicted molar refractivity (Wildman–Crippen MR) is 156 cm³/mol. The minimum Gasteiger partial charge on any atom is -0.457 e. The van der Waals surface area contributed by atoms with Crippen LogP contribution in [0.3, 0.4) is 0 Å². The smallest absolute Gasteiger partial charge is 0.457 e. The Kier molecular flexibility index (Phi) is 6.50. The number of esters is 1. The molecule has 0 radical (unpaired) electrons. The molecule has 0 amide bonds. The third-order valence-corrected chi connectivity index (χ3v) is 14.4. The zero-order valence-corrected chi connectivity index (χ0v) is 26.3. The zero-order valence-electron chi connectivity index (χ0n) is 26.3. The van der Waals surface area contributed by atoms with E-state index in [2.05, 4.69) is 48.1 Å². The Labute approximate surface area is 245 Å². The number of ketones is 1. The summed E-state index contributed by atoms with van der Waals surface area (Å²) in [5.41, 5.74) is 0.835. The fraction of sp³-hybridized carbons (Fsp3) is 0.800. The number of aryl methyl sites for hydroxylation is 1. The second-order valence-electron chi connectivity index (χ2n) is 16.0. The molecular weight excluding hydrogens is 516 g/mol. The van der Waals surface area contributed by atoms with Crippen molar-refractivity contribution < 1.29 is 23.2 Å². The topological polar surface area (TPSA) is 86.7 Å². The number of fused-ring (bicyclic) bond motifs is 7. The quantitative estimate of drug-likeness (QED) is 0.273. The molecule has 5 saturated carbocycles. The highest BCUT2D eigenvalue weighted by Gasteiger charge is 2.72. The van der Waals surface area contributed by atoms with E-state index in [0.717, 1.165) is 57.8 Å². The van der Waals surface area contributed by atoms with Crippen LogP contribution >= 0.6 is 0 Å². The average Bonchev–Trinajstić information content (AvgIpc) is 3.45. The molecule has 0 aromatic carbocycles. The lowest BCUT2D eigenvalue weighted by Crippen LogP contribution is -2.66. The first kappa shape index (κ1) is 29.0. The van der Waals surface area contributed by atoms with Crippen LogP contribution in [0.25, 0.3) is 0 Å². The van der Waals surface area contributed by atoms with Gasteiger partial charge in [0, 0.05) is 11.8 Å². The molecule has 5 fully saturated rings. The van der Waals surface area contributed by atoms with Gasteiger partial charge in [-0.15, -0.1) is 0 Å². The molecule has 6 heteroatoms. The lowest BCUT2D eigenvalue weighted by atomic mass is 9.32. The van der Waals surface area contributed by atoms with Crippen molar-refractivity contribution >= 4 is 11.8 Å². The molecule has 6 rings (SSSR count). The molecule has 0 N–H and O–H groups in total. The largest absolute Gasteiger partial charge is 0.519 e. The molecule has 226 valence electrons. The fourth-order valence-corrected chi connectivity index (χ4v) is 12.1. The van der Waals surface area contributed by atoms with Crippen LogP contribution in [0, 0.1) is 63.6 Å². The number of hydrogen-bond acceptors (Lipinski definition) is 6. The summed E-state index contributed by atoms with van der Waals surface area (Å²) >= 11 is 0. The van der Waals surface area contributed by atoms with Crippen molar-refractivity contribution in [3.8, 4) is 0 Å². The molecule has 41 heavy (non-hydrogen) atoms. The maximum Gasteiger partial charge on any atom is 0.519 e. The summed E-state index contributed by atoms with van der Waals surface area (Å²) in [5, 5.41) is 0. The number of carbonyl (C=O) groups is 2. The summed E-state index contributed by atoms with van der Waals surface area (Å²) in [4.78, 5) is 38.7. The van der Waals surface area contributed by atoms with Crippen LogP contribution in [0.5, 0.6) is 0 Å². The van der Waals surface area contributed by atoms with Crippen molar-refractivity contribution in [1.82, 2.24) is 0 Å². The van der Waals surface area contributed by atoms with E-state index in [1.165, 1.54) is 5.57 Å². The van der Waals surface area contributed by atoms with E-state index in [-0.39, 0.29) is 40.2 Å². The molecule has 5 aliphatic rings. The third kappa shape index (κ3) is 3.76. The number of allylic oxidation sites excluding steroid dienone is 1. The van der Waals surface area contributed by atoms with Crippen molar-refractivity contribution in [2.24, 2.45) is 56.7 Å². The number of Topliss-reactive ketones (excluding diaryl/α,β-unsaturated/α-hetero) is 1. The van der Waals surface area contributed by atoms with E-state index in [9.17, 15) is 14.4 Å². The normalized spacial score (nSPS) is 44.8. The maximum atomic E-state index is 14.1. The molecule has 1 aromatic heterocycles. The fourth-order valence-electron chi connectivity index (χ4n) is 12.1. The van der Waals surface area contributed by atoms with Gasteiger partial charge in [0.1, 0.15) is 5.78 Å². The maximum absolute atomic E-state index is 14.1. The summed E-state index contributed by atoms with van der Waals surface area (Å²) in [6.45, 7) is 20.2. The second-order valence-corrected chi connectivity index (χ2v) is 16.0. The van der Waals surface area contributed by atoms with Gasteiger partial charge in [0.2, 0.25) is 0 Å². The average molecular weight is 567 g/mol. The van der Waals surface area contributed by atoms with E-state index in [0.29, 0.717) is 47.4 Å². The second kappa shape index (κ2) is 9.19. The molecule has 6 nitrogen and oxygen atoms in total. The summed E-state index contributed by atoms with van der Waals surface area (Å²) in [7, 11) is 0. The van der Waals surface area contributed by atoms with Crippen molar-refractivity contribution in [3.05, 3.63) is 34.3 Å². The summed E-state index contributed by atoms with van der Waals surface area (Å²) < 4.78 is 16.1. The van der Waals surface area contributed by atoms with Gasteiger partial charge in [-0.05, 0) is 117 Å². The van der Waals surface area contributed by atoms with E-state index < -0.39 is 11.2 Å². The molecule has 1 heterocycles. The van der Waals surface area contributed by atoms with Crippen LogP contribution in [0.1, 0.15) is 117 Å². The van der Waals surface area contributed by atoms with Crippen molar-refractivity contribution in [1.29, 1.82) is 0 Å². The van der Waals surface area contributed by atoms with E-state index in [1.54, 1.807) is 6.92 Å². The lowest BCUT2D eigenvalue weighted by molar-refractivity contribution is -0.236. The predicted octanol–water partition coefficient (Wildman–Crippen LogP) is 7.81. The molecule has 0 bridgehead atoms. The first-order chi connectivity index (χ1) is 19.1. The van der Waals surface area contributed by atoms with Gasteiger partial charge in [0.25, 0.3) is 0 Å². The van der Waals surface area contributed by atoms with Gasteiger partial charge in [-0.2, -0.15) is 0 Å². The summed E-state index contributed by atoms with van der Waals surface area (Å²) in [6, 6.07) is 0. The van der Waals surface area contributed by atoms with Gasteiger partial charge in [0.15, 0.2) is 18.1 Å². The van der Waals surface area contributed by atoms with Crippen LogP contribution in [-0.2, 0) is 20.9 Å². The Balaban J connectivity index is 1.34. The Morgan fingerprint density at radius 2 is 1.63 bits per heavy atom. The van der Waals surface area contributed by atoms with E-state index in [1.807, 2.05) is 0 Å². The Hall–Kier alpha value is -2.11. The highest BCUT2D eigenvalue weighted by atomic mass is 16.6. The molecular formula is C35H50O6. The number of hydrogen-bond donors (Lipinski definition) is 0. The van der Waals surface area contributed by atoms with Gasteiger partial charge in [-0.1, -0.05) is 46.8 Å². The van der Waals surface area contributed by atoms with Crippen molar-refractivity contribution in [2.75, 3.05) is 0 Å². The summed E-state index contributed by atoms with van der Waals surface area (Å²) in [6.07, 6.45) is 9.91. The minimum atomic E-state index is -0.764. The molecule has 0 aliphatic heterocycles. The standard InChI is InChI=1S/C35H50O6/c1-20(2)22-11-16-35(29(37)39-19-24-21(3)40-30(38)41-24)18-17-33(7)23(28(22)35)9-10-26-32(6)14-13-27(36)31(4,5)25(32)12-15-34(26,33)8/h22-23,25-26,28H,1,9-19H2,2-8H3/t22-,23+,25-,26+,28+,32-,33+,34+,35-/m0/s1. The molecule has 0 unspecified atom stereocenters. The number of ether oxygens (including phenoxy) is 1. The Morgan fingerprint density at radius 1 is 0.902 bits per heavy atom. The molecule has 1 aromatic rings. The van der Waals surface area contributed by atoms with Gasteiger partial charge in [-0.3, -0.25) is 9.59 Å². The van der Waals surface area contributed by atoms with Gasteiger partial charge in [-0.25, -0.2) is 4.79 Å². The minimum absolute atomic E-state index is 0.0708. The van der Waals surface area contributed by atoms with Crippen LogP contribution in [0.2, 0.25) is 0 Å². The van der Waals surface area contributed by atoms with Crippen LogP contribution in [0.15, 0.2) is 25.8 Å². The number of rotatable bonds is 4. The zero-order chi connectivity index (χ0) is 29.8. The van der Waals surface area contributed by atoms with Crippen molar-refractivity contribution in [2.45, 2.75) is 119 Å².